The number of methoxy groups -OCH3 is 2. The lowest BCUT2D eigenvalue weighted by molar-refractivity contribution is 0.355. The van der Waals surface area contributed by atoms with E-state index in [1.165, 1.54) is 0 Å². The first-order chi connectivity index (χ1) is 14.5. The molecule has 0 radical (unpaired) electrons. The van der Waals surface area contributed by atoms with Gasteiger partial charge in [0.25, 0.3) is 0 Å². The Morgan fingerprint density at radius 3 is 2.50 bits per heavy atom. The van der Waals surface area contributed by atoms with Crippen LogP contribution in [-0.4, -0.2) is 41.4 Å². The van der Waals surface area contributed by atoms with Crippen molar-refractivity contribution in [3.63, 3.8) is 0 Å². The number of para-hydroxylation sites is 1. The highest BCUT2D eigenvalue weighted by atomic mass is 32.1. The average molecular weight is 424 g/mol. The van der Waals surface area contributed by atoms with Crippen molar-refractivity contribution < 1.29 is 9.47 Å². The molecule has 3 aromatic rings. The van der Waals surface area contributed by atoms with Crippen molar-refractivity contribution in [3.8, 4) is 28.4 Å². The molecule has 0 aliphatic heterocycles. The summed E-state index contributed by atoms with van der Waals surface area (Å²) in [6, 6.07) is 15.8. The average Bonchev–Trinajstić information content (AvgIpc) is 3.17. The molecule has 1 aromatic heterocycles. The summed E-state index contributed by atoms with van der Waals surface area (Å²) >= 11 is 5.23. The Labute approximate surface area is 181 Å². The Kier molecular flexibility index (Phi) is 7.03. The summed E-state index contributed by atoms with van der Waals surface area (Å²) in [6.07, 6.45) is 3.62. The lowest BCUT2D eigenvalue weighted by Gasteiger charge is -2.09. The van der Waals surface area contributed by atoms with Crippen molar-refractivity contribution in [1.82, 2.24) is 20.5 Å². The first-order valence-electron chi connectivity index (χ1n) is 9.49. The Morgan fingerprint density at radius 2 is 1.83 bits per heavy atom. The second kappa shape index (κ2) is 9.89. The Balaban J connectivity index is 1.98. The number of benzene rings is 2. The van der Waals surface area contributed by atoms with Gasteiger partial charge in [0.1, 0.15) is 5.69 Å². The second-order valence-corrected chi connectivity index (χ2v) is 7.19. The number of nitrogens with one attached hydrogen (secondary N) is 2. The summed E-state index contributed by atoms with van der Waals surface area (Å²) in [5.74, 6) is 1.29. The van der Waals surface area contributed by atoms with Gasteiger partial charge in [-0.25, -0.2) is 4.68 Å². The molecule has 2 aromatic carbocycles. The van der Waals surface area contributed by atoms with Gasteiger partial charge < -0.3 is 14.8 Å². The topological polar surface area (TPSA) is 72.7 Å². The SMILES string of the molecule is COc1ccc(-c2nn(-c3ccccc3)cc2/C=N\NC(=S)NC(C)C)cc1OC. The highest BCUT2D eigenvalue weighted by molar-refractivity contribution is 7.80. The molecule has 0 saturated carbocycles. The van der Waals surface area contributed by atoms with Gasteiger partial charge in [-0.15, -0.1) is 0 Å². The zero-order valence-electron chi connectivity index (χ0n) is 17.4. The van der Waals surface area contributed by atoms with Gasteiger partial charge in [0.05, 0.1) is 26.1 Å². The predicted octanol–water partition coefficient (Wildman–Crippen LogP) is 3.76. The van der Waals surface area contributed by atoms with Gasteiger partial charge in [0.15, 0.2) is 16.6 Å². The molecule has 0 aliphatic carbocycles. The van der Waals surface area contributed by atoms with E-state index < -0.39 is 0 Å². The van der Waals surface area contributed by atoms with Crippen LogP contribution in [0.3, 0.4) is 0 Å². The van der Waals surface area contributed by atoms with E-state index in [9.17, 15) is 0 Å². The largest absolute Gasteiger partial charge is 0.493 e. The summed E-state index contributed by atoms with van der Waals surface area (Å²) in [5, 5.41) is 12.6. The number of ether oxygens (including phenoxy) is 2. The molecular weight excluding hydrogens is 398 g/mol. The van der Waals surface area contributed by atoms with Gasteiger partial charge in [-0.2, -0.15) is 10.2 Å². The van der Waals surface area contributed by atoms with Crippen molar-refractivity contribution in [1.29, 1.82) is 0 Å². The van der Waals surface area contributed by atoms with Crippen molar-refractivity contribution in [3.05, 3.63) is 60.3 Å². The fourth-order valence-corrected chi connectivity index (χ4v) is 3.15. The van der Waals surface area contributed by atoms with Crippen LogP contribution in [0.5, 0.6) is 11.5 Å². The molecule has 2 N–H and O–H groups in total. The summed E-state index contributed by atoms with van der Waals surface area (Å²) in [6.45, 7) is 4.02. The zero-order chi connectivity index (χ0) is 21.5. The summed E-state index contributed by atoms with van der Waals surface area (Å²) in [4.78, 5) is 0. The van der Waals surface area contributed by atoms with E-state index in [0.717, 1.165) is 22.5 Å². The standard InChI is InChI=1S/C22H25N5O2S/c1-15(2)24-22(30)25-23-13-17-14-27(18-8-6-5-7-9-18)26-21(17)16-10-11-19(28-3)20(12-16)29-4/h5-15H,1-4H3,(H2,24,25,30)/b23-13-. The zero-order valence-corrected chi connectivity index (χ0v) is 18.2. The van der Waals surface area contributed by atoms with Crippen molar-refractivity contribution in [2.45, 2.75) is 19.9 Å². The van der Waals surface area contributed by atoms with Crippen molar-refractivity contribution in [2.24, 2.45) is 5.10 Å². The Morgan fingerprint density at radius 1 is 1.10 bits per heavy atom. The highest BCUT2D eigenvalue weighted by Crippen LogP contribution is 2.33. The maximum absolute atomic E-state index is 5.45. The first-order valence-corrected chi connectivity index (χ1v) is 9.89. The van der Waals surface area contributed by atoms with Gasteiger partial charge >= 0.3 is 0 Å². The Bertz CT molecular complexity index is 1030. The van der Waals surface area contributed by atoms with Crippen LogP contribution >= 0.6 is 12.2 Å². The number of hydrogen-bond acceptors (Lipinski definition) is 5. The molecule has 0 spiro atoms. The first kappa shape index (κ1) is 21.3. The highest BCUT2D eigenvalue weighted by Gasteiger charge is 2.14. The smallest absolute Gasteiger partial charge is 0.187 e. The van der Waals surface area contributed by atoms with Gasteiger partial charge in [0, 0.05) is 23.4 Å². The maximum Gasteiger partial charge on any atom is 0.187 e. The van der Waals surface area contributed by atoms with Crippen LogP contribution in [0.2, 0.25) is 0 Å². The fraction of sp³-hybridized carbons (Fsp3) is 0.227. The van der Waals surface area contributed by atoms with Crippen LogP contribution in [0, 0.1) is 0 Å². The summed E-state index contributed by atoms with van der Waals surface area (Å²) in [5.41, 5.74) is 6.25. The number of hydrogen-bond donors (Lipinski definition) is 2. The minimum Gasteiger partial charge on any atom is -0.493 e. The normalized spacial score (nSPS) is 11.0. The molecule has 0 saturated heterocycles. The minimum atomic E-state index is 0.225. The lowest BCUT2D eigenvalue weighted by Crippen LogP contribution is -2.36. The third kappa shape index (κ3) is 5.15. The monoisotopic (exact) mass is 423 g/mol. The van der Waals surface area contributed by atoms with Gasteiger partial charge in [-0.05, 0) is 56.4 Å². The van der Waals surface area contributed by atoms with Gasteiger partial charge in [-0.3, -0.25) is 5.43 Å². The molecule has 3 rings (SSSR count). The molecule has 0 aliphatic rings. The third-order valence-corrected chi connectivity index (χ3v) is 4.42. The number of aromatic nitrogens is 2. The van der Waals surface area contributed by atoms with Gasteiger partial charge in [-0.1, -0.05) is 18.2 Å². The van der Waals surface area contributed by atoms with E-state index in [1.807, 2.05) is 73.3 Å². The van der Waals surface area contributed by atoms with Crippen LogP contribution in [0.25, 0.3) is 16.9 Å². The van der Waals surface area contributed by atoms with Crippen molar-refractivity contribution in [2.75, 3.05) is 14.2 Å². The molecule has 7 nitrogen and oxygen atoms in total. The predicted molar refractivity (Wildman–Crippen MR) is 124 cm³/mol. The summed E-state index contributed by atoms with van der Waals surface area (Å²) in [7, 11) is 3.22. The Hall–Kier alpha value is -3.39. The van der Waals surface area contributed by atoms with E-state index in [4.69, 9.17) is 26.8 Å². The van der Waals surface area contributed by atoms with E-state index in [0.29, 0.717) is 16.6 Å². The van der Waals surface area contributed by atoms with E-state index in [-0.39, 0.29) is 6.04 Å². The fourth-order valence-electron chi connectivity index (χ4n) is 2.86. The molecular formula is C22H25N5O2S. The van der Waals surface area contributed by atoms with Crippen LogP contribution in [-0.2, 0) is 0 Å². The van der Waals surface area contributed by atoms with Gasteiger partial charge in [0.2, 0.25) is 0 Å². The van der Waals surface area contributed by atoms with Crippen LogP contribution in [0.4, 0.5) is 0 Å². The summed E-state index contributed by atoms with van der Waals surface area (Å²) < 4.78 is 12.6. The number of nitrogens with zero attached hydrogens (tertiary/aromatic N) is 3. The van der Waals surface area contributed by atoms with Crippen LogP contribution in [0.15, 0.2) is 59.8 Å². The molecule has 8 heteroatoms. The van der Waals surface area contributed by atoms with Crippen LogP contribution < -0.4 is 20.2 Å². The number of rotatable bonds is 7. The molecule has 0 atom stereocenters. The molecule has 0 bridgehead atoms. The molecule has 0 amide bonds. The molecule has 0 unspecified atom stereocenters. The lowest BCUT2D eigenvalue weighted by atomic mass is 10.1. The van der Waals surface area contributed by atoms with E-state index >= 15 is 0 Å². The molecule has 1 heterocycles. The number of thiocarbonyl (C=S) groups is 1. The van der Waals surface area contributed by atoms with Crippen LogP contribution in [0.1, 0.15) is 19.4 Å². The second-order valence-electron chi connectivity index (χ2n) is 6.78. The molecule has 30 heavy (non-hydrogen) atoms. The van der Waals surface area contributed by atoms with E-state index in [2.05, 4.69) is 15.8 Å². The van der Waals surface area contributed by atoms with E-state index in [1.54, 1.807) is 20.4 Å². The minimum absolute atomic E-state index is 0.225. The quantitative estimate of drug-likeness (QED) is 0.342. The third-order valence-electron chi connectivity index (χ3n) is 4.21. The molecule has 0 fully saturated rings. The van der Waals surface area contributed by atoms with Crippen molar-refractivity contribution >= 4 is 23.5 Å². The molecule has 156 valence electrons. The maximum atomic E-state index is 5.45. The number of hydrazone groups is 1.